The highest BCUT2D eigenvalue weighted by molar-refractivity contribution is 6.04. The van der Waals surface area contributed by atoms with Gasteiger partial charge in [-0.2, -0.15) is 5.10 Å². The number of benzene rings is 3. The highest BCUT2D eigenvalue weighted by Gasteiger charge is 2.08. The van der Waals surface area contributed by atoms with Gasteiger partial charge < -0.3 is 10.6 Å². The summed E-state index contributed by atoms with van der Waals surface area (Å²) >= 11 is 0. The molecule has 5 nitrogen and oxygen atoms in total. The zero-order chi connectivity index (χ0) is 20.1. The molecule has 1 aromatic heterocycles. The van der Waals surface area contributed by atoms with Crippen LogP contribution >= 0.6 is 0 Å². The van der Waals surface area contributed by atoms with Crippen molar-refractivity contribution < 1.29 is 4.79 Å². The Kier molecular flexibility index (Phi) is 5.38. The molecule has 4 rings (SSSR count). The lowest BCUT2D eigenvalue weighted by Crippen LogP contribution is -2.12. The van der Waals surface area contributed by atoms with Gasteiger partial charge in [-0.15, -0.1) is 0 Å². The second-order valence-corrected chi connectivity index (χ2v) is 6.81. The van der Waals surface area contributed by atoms with Gasteiger partial charge in [0.05, 0.1) is 5.69 Å². The number of rotatable bonds is 6. The number of hydrogen-bond donors (Lipinski definition) is 2. The molecule has 3 aromatic carbocycles. The molecule has 1 heterocycles. The Bertz CT molecular complexity index is 1060. The van der Waals surface area contributed by atoms with Crippen molar-refractivity contribution in [2.45, 2.75) is 13.0 Å². The van der Waals surface area contributed by atoms with Crippen molar-refractivity contribution in [3.8, 4) is 5.69 Å². The van der Waals surface area contributed by atoms with Gasteiger partial charge in [0.15, 0.2) is 0 Å². The maximum atomic E-state index is 12.5. The van der Waals surface area contributed by atoms with Crippen LogP contribution in [0.4, 0.5) is 11.4 Å². The fourth-order valence-corrected chi connectivity index (χ4v) is 3.12. The van der Waals surface area contributed by atoms with Crippen LogP contribution in [0.2, 0.25) is 0 Å². The predicted octanol–water partition coefficient (Wildman–Crippen LogP) is 5.30. The minimum atomic E-state index is -0.143. The second kappa shape index (κ2) is 8.44. The van der Waals surface area contributed by atoms with E-state index in [4.69, 9.17) is 0 Å². The predicted molar refractivity (Wildman–Crippen MR) is 116 cm³/mol. The summed E-state index contributed by atoms with van der Waals surface area (Å²) in [5.74, 6) is -0.143. The number of aromatic nitrogens is 2. The Hall–Kier alpha value is -3.86. The molecule has 0 spiro atoms. The molecule has 1 atom stereocenters. The molecule has 4 aromatic rings. The average Bonchev–Trinajstić information content (AvgIpc) is 3.31. The number of anilines is 2. The molecule has 0 aliphatic carbocycles. The summed E-state index contributed by atoms with van der Waals surface area (Å²) in [7, 11) is 0. The fourth-order valence-electron chi connectivity index (χ4n) is 3.12. The van der Waals surface area contributed by atoms with Crippen LogP contribution in [0.3, 0.4) is 0 Å². The number of carbonyl (C=O) groups is 1. The van der Waals surface area contributed by atoms with Crippen molar-refractivity contribution in [1.29, 1.82) is 0 Å². The van der Waals surface area contributed by atoms with E-state index in [0.717, 1.165) is 17.1 Å². The van der Waals surface area contributed by atoms with Crippen LogP contribution in [0.15, 0.2) is 97.3 Å². The SMILES string of the molecule is CC(Nc1ccc(NC(=O)c2ccc(-n3cccn3)cc2)cc1)c1ccccc1. The molecule has 1 amide bonds. The Labute approximate surface area is 170 Å². The normalized spacial score (nSPS) is 11.6. The number of amides is 1. The summed E-state index contributed by atoms with van der Waals surface area (Å²) in [4.78, 5) is 12.5. The number of nitrogens with zero attached hydrogens (tertiary/aromatic N) is 2. The Balaban J connectivity index is 1.37. The minimum Gasteiger partial charge on any atom is -0.379 e. The lowest BCUT2D eigenvalue weighted by atomic mass is 10.1. The average molecular weight is 382 g/mol. The maximum Gasteiger partial charge on any atom is 0.255 e. The van der Waals surface area contributed by atoms with Crippen LogP contribution in [0.5, 0.6) is 0 Å². The summed E-state index contributed by atoms with van der Waals surface area (Å²) in [6, 6.07) is 27.4. The Morgan fingerprint density at radius 3 is 2.21 bits per heavy atom. The van der Waals surface area contributed by atoms with E-state index in [1.807, 2.05) is 66.9 Å². The lowest BCUT2D eigenvalue weighted by molar-refractivity contribution is 0.102. The first-order chi connectivity index (χ1) is 14.2. The molecule has 2 N–H and O–H groups in total. The molecule has 0 fully saturated rings. The standard InChI is InChI=1S/C24H22N4O/c1-18(19-6-3-2-4-7-19)26-21-10-12-22(13-11-21)27-24(29)20-8-14-23(15-9-20)28-17-5-16-25-28/h2-18,26H,1H3,(H,27,29). The van der Waals surface area contributed by atoms with E-state index < -0.39 is 0 Å². The summed E-state index contributed by atoms with van der Waals surface area (Å²) in [5, 5.41) is 10.6. The molecule has 29 heavy (non-hydrogen) atoms. The van der Waals surface area contributed by atoms with Crippen molar-refractivity contribution in [2.75, 3.05) is 10.6 Å². The lowest BCUT2D eigenvalue weighted by Gasteiger charge is -2.16. The van der Waals surface area contributed by atoms with Crippen molar-refractivity contribution in [1.82, 2.24) is 9.78 Å². The first kappa shape index (κ1) is 18.5. The van der Waals surface area contributed by atoms with Gasteiger partial charge in [-0.05, 0) is 67.1 Å². The van der Waals surface area contributed by atoms with Gasteiger partial charge in [-0.25, -0.2) is 4.68 Å². The monoisotopic (exact) mass is 382 g/mol. The van der Waals surface area contributed by atoms with E-state index >= 15 is 0 Å². The van der Waals surface area contributed by atoms with E-state index in [2.05, 4.69) is 34.8 Å². The number of nitrogens with one attached hydrogen (secondary N) is 2. The molecule has 5 heteroatoms. The number of hydrogen-bond acceptors (Lipinski definition) is 3. The number of carbonyl (C=O) groups excluding carboxylic acids is 1. The van der Waals surface area contributed by atoms with Gasteiger partial charge in [0, 0.05) is 35.4 Å². The Morgan fingerprint density at radius 2 is 1.55 bits per heavy atom. The fraction of sp³-hybridized carbons (Fsp3) is 0.0833. The van der Waals surface area contributed by atoms with Crippen molar-refractivity contribution in [3.05, 3.63) is 108 Å². The summed E-state index contributed by atoms with van der Waals surface area (Å²) in [5.41, 5.74) is 4.49. The molecule has 0 saturated carbocycles. The molecule has 144 valence electrons. The zero-order valence-electron chi connectivity index (χ0n) is 16.1. The third-order valence-electron chi connectivity index (χ3n) is 4.72. The van der Waals surface area contributed by atoms with E-state index in [1.165, 1.54) is 5.56 Å². The molecular weight excluding hydrogens is 360 g/mol. The van der Waals surface area contributed by atoms with Crippen LogP contribution in [-0.2, 0) is 0 Å². The topological polar surface area (TPSA) is 58.9 Å². The van der Waals surface area contributed by atoms with Crippen LogP contribution < -0.4 is 10.6 Å². The molecule has 1 unspecified atom stereocenters. The van der Waals surface area contributed by atoms with Crippen molar-refractivity contribution in [2.24, 2.45) is 0 Å². The van der Waals surface area contributed by atoms with Gasteiger partial charge in [0.2, 0.25) is 0 Å². The van der Waals surface area contributed by atoms with Crippen molar-refractivity contribution in [3.63, 3.8) is 0 Å². The molecule has 0 bridgehead atoms. The van der Waals surface area contributed by atoms with Crippen molar-refractivity contribution >= 4 is 17.3 Å². The highest BCUT2D eigenvalue weighted by Crippen LogP contribution is 2.21. The first-order valence-electron chi connectivity index (χ1n) is 9.52. The summed E-state index contributed by atoms with van der Waals surface area (Å²) in [6.07, 6.45) is 3.59. The molecule has 0 saturated heterocycles. The maximum absolute atomic E-state index is 12.5. The molecule has 0 aliphatic rings. The van der Waals surface area contributed by atoms with Gasteiger partial charge in [0.25, 0.3) is 5.91 Å². The van der Waals surface area contributed by atoms with E-state index in [9.17, 15) is 4.79 Å². The third kappa shape index (κ3) is 4.52. The van der Waals surface area contributed by atoms with E-state index in [1.54, 1.807) is 23.0 Å². The third-order valence-corrected chi connectivity index (χ3v) is 4.72. The minimum absolute atomic E-state index is 0.143. The Morgan fingerprint density at radius 1 is 0.862 bits per heavy atom. The summed E-state index contributed by atoms with van der Waals surface area (Å²) < 4.78 is 1.75. The molecule has 0 radical (unpaired) electrons. The smallest absolute Gasteiger partial charge is 0.255 e. The first-order valence-corrected chi connectivity index (χ1v) is 9.52. The van der Waals surface area contributed by atoms with Crippen LogP contribution in [0.25, 0.3) is 5.69 Å². The molecular formula is C24H22N4O. The van der Waals surface area contributed by atoms with Gasteiger partial charge in [0.1, 0.15) is 0 Å². The van der Waals surface area contributed by atoms with Gasteiger partial charge in [-0.3, -0.25) is 4.79 Å². The van der Waals surface area contributed by atoms with E-state index in [-0.39, 0.29) is 11.9 Å². The van der Waals surface area contributed by atoms with Crippen LogP contribution in [-0.4, -0.2) is 15.7 Å². The second-order valence-electron chi connectivity index (χ2n) is 6.81. The van der Waals surface area contributed by atoms with Gasteiger partial charge >= 0.3 is 0 Å². The van der Waals surface area contributed by atoms with Crippen LogP contribution in [0, 0.1) is 0 Å². The van der Waals surface area contributed by atoms with Gasteiger partial charge in [-0.1, -0.05) is 30.3 Å². The summed E-state index contributed by atoms with van der Waals surface area (Å²) in [6.45, 7) is 2.12. The largest absolute Gasteiger partial charge is 0.379 e. The zero-order valence-corrected chi connectivity index (χ0v) is 16.1. The highest BCUT2D eigenvalue weighted by atomic mass is 16.1. The van der Waals surface area contributed by atoms with E-state index in [0.29, 0.717) is 5.56 Å². The molecule has 0 aliphatic heterocycles. The quantitative estimate of drug-likeness (QED) is 0.476. The van der Waals surface area contributed by atoms with Crippen LogP contribution in [0.1, 0.15) is 28.9 Å².